The highest BCUT2D eigenvalue weighted by Gasteiger charge is 2.32. The van der Waals surface area contributed by atoms with E-state index in [9.17, 15) is 9.59 Å². The van der Waals surface area contributed by atoms with Crippen molar-refractivity contribution >= 4 is 11.9 Å². The molecular formula is C12H17N3O3. The van der Waals surface area contributed by atoms with Gasteiger partial charge in [-0.25, -0.2) is 0 Å². The zero-order chi connectivity index (χ0) is 13.3. The number of hydrogen-bond donors (Lipinski definition) is 1. The molecule has 1 saturated carbocycles. The van der Waals surface area contributed by atoms with Gasteiger partial charge in [-0.05, 0) is 32.3 Å². The molecule has 1 N–H and O–H groups in total. The predicted octanol–water partition coefficient (Wildman–Crippen LogP) is 0.808. The fourth-order valence-electron chi connectivity index (χ4n) is 2.17. The number of carbonyl (C=O) groups excluding carboxylic acids is 1. The lowest BCUT2D eigenvalue weighted by atomic mass is 9.91. The van der Waals surface area contributed by atoms with Gasteiger partial charge in [-0.15, -0.1) is 0 Å². The van der Waals surface area contributed by atoms with Gasteiger partial charge in [-0.1, -0.05) is 0 Å². The van der Waals surface area contributed by atoms with Crippen LogP contribution in [0.15, 0.2) is 6.07 Å². The molecule has 0 saturated heterocycles. The fraction of sp³-hybridized carbons (Fsp3) is 0.583. The van der Waals surface area contributed by atoms with Crippen molar-refractivity contribution in [3.63, 3.8) is 0 Å². The van der Waals surface area contributed by atoms with Gasteiger partial charge in [0.05, 0.1) is 5.69 Å². The molecule has 1 heterocycles. The fourth-order valence-corrected chi connectivity index (χ4v) is 2.17. The Hall–Kier alpha value is -1.85. The maximum atomic E-state index is 12.4. The summed E-state index contributed by atoms with van der Waals surface area (Å²) >= 11 is 0. The molecule has 0 aliphatic heterocycles. The van der Waals surface area contributed by atoms with Crippen LogP contribution in [0.1, 0.15) is 35.4 Å². The highest BCUT2D eigenvalue weighted by Crippen LogP contribution is 2.26. The Morgan fingerprint density at radius 3 is 2.61 bits per heavy atom. The van der Waals surface area contributed by atoms with E-state index in [1.54, 1.807) is 13.1 Å². The van der Waals surface area contributed by atoms with Crippen LogP contribution >= 0.6 is 0 Å². The number of hydrogen-bond acceptors (Lipinski definition) is 3. The minimum absolute atomic E-state index is 0.0591. The van der Waals surface area contributed by atoms with Crippen LogP contribution in [0, 0.1) is 6.92 Å². The zero-order valence-electron chi connectivity index (χ0n) is 10.6. The minimum atomic E-state index is -0.978. The number of aryl methyl sites for hydroxylation is 2. The van der Waals surface area contributed by atoms with Crippen molar-refractivity contribution in [2.75, 3.05) is 6.54 Å². The molecule has 0 unspecified atom stereocenters. The largest absolute Gasteiger partial charge is 0.480 e. The molecule has 1 fully saturated rings. The van der Waals surface area contributed by atoms with Crippen molar-refractivity contribution < 1.29 is 14.7 Å². The Kier molecular flexibility index (Phi) is 3.36. The third-order valence-corrected chi connectivity index (χ3v) is 3.30. The third kappa shape index (κ3) is 2.37. The molecule has 0 spiro atoms. The maximum absolute atomic E-state index is 12.4. The minimum Gasteiger partial charge on any atom is -0.480 e. The molecule has 0 atom stereocenters. The molecule has 0 bridgehead atoms. The predicted molar refractivity (Wildman–Crippen MR) is 64.3 cm³/mol. The van der Waals surface area contributed by atoms with Crippen molar-refractivity contribution in [2.45, 2.75) is 32.2 Å². The van der Waals surface area contributed by atoms with E-state index in [4.69, 9.17) is 5.11 Å². The summed E-state index contributed by atoms with van der Waals surface area (Å²) < 4.78 is 1.51. The topological polar surface area (TPSA) is 75.4 Å². The van der Waals surface area contributed by atoms with Crippen LogP contribution in [-0.4, -0.2) is 44.3 Å². The first kappa shape index (κ1) is 12.6. The first-order valence-corrected chi connectivity index (χ1v) is 6.02. The number of carboxylic acids is 1. The molecule has 2 rings (SSSR count). The molecule has 1 aliphatic rings. The lowest BCUT2D eigenvalue weighted by Gasteiger charge is -2.36. The quantitative estimate of drug-likeness (QED) is 0.859. The number of amides is 1. The average molecular weight is 251 g/mol. The van der Waals surface area contributed by atoms with Crippen LogP contribution in [0.2, 0.25) is 0 Å². The Balaban J connectivity index is 2.21. The van der Waals surface area contributed by atoms with Gasteiger partial charge in [0, 0.05) is 13.1 Å². The van der Waals surface area contributed by atoms with E-state index in [0.717, 1.165) is 25.0 Å². The molecule has 6 nitrogen and oxygen atoms in total. The zero-order valence-corrected chi connectivity index (χ0v) is 10.6. The van der Waals surface area contributed by atoms with Crippen molar-refractivity contribution in [3.8, 4) is 0 Å². The second kappa shape index (κ2) is 4.80. The van der Waals surface area contributed by atoms with Crippen LogP contribution in [0.5, 0.6) is 0 Å². The number of carboxylic acid groups (broad SMARTS) is 1. The van der Waals surface area contributed by atoms with Gasteiger partial charge in [0.15, 0.2) is 0 Å². The summed E-state index contributed by atoms with van der Waals surface area (Å²) in [6.45, 7) is 1.56. The number of rotatable bonds is 4. The van der Waals surface area contributed by atoms with E-state index in [0.29, 0.717) is 5.69 Å². The molecule has 1 aromatic rings. The van der Waals surface area contributed by atoms with Crippen LogP contribution in [0.25, 0.3) is 0 Å². The van der Waals surface area contributed by atoms with E-state index in [2.05, 4.69) is 5.10 Å². The SMILES string of the molecule is Cc1cc(C(=O)N(CC(=O)O)C2CCC2)n(C)n1. The van der Waals surface area contributed by atoms with Crippen molar-refractivity contribution in [3.05, 3.63) is 17.5 Å². The summed E-state index contributed by atoms with van der Waals surface area (Å²) in [7, 11) is 1.69. The van der Waals surface area contributed by atoms with E-state index < -0.39 is 5.97 Å². The molecule has 1 aliphatic carbocycles. The van der Waals surface area contributed by atoms with Gasteiger partial charge in [0.2, 0.25) is 0 Å². The van der Waals surface area contributed by atoms with E-state index >= 15 is 0 Å². The van der Waals surface area contributed by atoms with Crippen LogP contribution in [0.3, 0.4) is 0 Å². The standard InChI is InChI=1S/C12H17N3O3/c1-8-6-10(14(2)13-8)12(18)15(7-11(16)17)9-4-3-5-9/h6,9H,3-5,7H2,1-2H3,(H,16,17). The Labute approximate surface area is 105 Å². The first-order valence-electron chi connectivity index (χ1n) is 6.02. The van der Waals surface area contributed by atoms with Gasteiger partial charge in [0.25, 0.3) is 5.91 Å². The Bertz CT molecular complexity index is 477. The molecule has 1 aromatic heterocycles. The Morgan fingerprint density at radius 2 is 2.22 bits per heavy atom. The van der Waals surface area contributed by atoms with Gasteiger partial charge in [0.1, 0.15) is 12.2 Å². The molecule has 6 heteroatoms. The highest BCUT2D eigenvalue weighted by atomic mass is 16.4. The van der Waals surface area contributed by atoms with E-state index in [1.165, 1.54) is 9.58 Å². The first-order chi connectivity index (χ1) is 8.49. The average Bonchev–Trinajstić information content (AvgIpc) is 2.52. The van der Waals surface area contributed by atoms with Gasteiger partial charge in [-0.2, -0.15) is 5.10 Å². The second-order valence-electron chi connectivity index (χ2n) is 4.71. The number of carbonyl (C=O) groups is 2. The maximum Gasteiger partial charge on any atom is 0.323 e. The number of nitrogens with zero attached hydrogens (tertiary/aromatic N) is 3. The van der Waals surface area contributed by atoms with Gasteiger partial charge >= 0.3 is 5.97 Å². The van der Waals surface area contributed by atoms with Gasteiger partial charge in [-0.3, -0.25) is 14.3 Å². The molecule has 18 heavy (non-hydrogen) atoms. The van der Waals surface area contributed by atoms with Gasteiger partial charge < -0.3 is 10.0 Å². The Morgan fingerprint density at radius 1 is 1.56 bits per heavy atom. The monoisotopic (exact) mass is 251 g/mol. The van der Waals surface area contributed by atoms with E-state index in [-0.39, 0.29) is 18.5 Å². The summed E-state index contributed by atoms with van der Waals surface area (Å²) in [6, 6.07) is 1.75. The summed E-state index contributed by atoms with van der Waals surface area (Å²) in [5.74, 6) is -1.22. The summed E-state index contributed by atoms with van der Waals surface area (Å²) in [4.78, 5) is 24.7. The number of aromatic nitrogens is 2. The lowest BCUT2D eigenvalue weighted by Crippen LogP contribution is -2.47. The van der Waals surface area contributed by atoms with Crippen molar-refractivity contribution in [2.24, 2.45) is 7.05 Å². The molecular weight excluding hydrogens is 234 g/mol. The van der Waals surface area contributed by atoms with Crippen molar-refractivity contribution in [1.82, 2.24) is 14.7 Å². The second-order valence-corrected chi connectivity index (χ2v) is 4.71. The van der Waals surface area contributed by atoms with Crippen molar-refractivity contribution in [1.29, 1.82) is 0 Å². The van der Waals surface area contributed by atoms with E-state index in [1.807, 2.05) is 6.92 Å². The normalized spacial score (nSPS) is 15.2. The highest BCUT2D eigenvalue weighted by molar-refractivity contribution is 5.94. The molecule has 98 valence electrons. The molecule has 1 amide bonds. The third-order valence-electron chi connectivity index (χ3n) is 3.30. The summed E-state index contributed by atoms with van der Waals surface area (Å²) in [5, 5.41) is 13.0. The number of aliphatic carboxylic acids is 1. The lowest BCUT2D eigenvalue weighted by molar-refractivity contribution is -0.138. The van der Waals surface area contributed by atoms with Crippen LogP contribution in [-0.2, 0) is 11.8 Å². The van der Waals surface area contributed by atoms with Crippen LogP contribution < -0.4 is 0 Å². The molecule has 0 radical (unpaired) electrons. The van der Waals surface area contributed by atoms with Crippen LogP contribution in [0.4, 0.5) is 0 Å². The summed E-state index contributed by atoms with van der Waals surface area (Å²) in [5.41, 5.74) is 1.20. The molecule has 0 aromatic carbocycles. The smallest absolute Gasteiger partial charge is 0.323 e. The summed E-state index contributed by atoms with van der Waals surface area (Å²) in [6.07, 6.45) is 2.82.